The SMILES string of the molecule is CCCCOc1ccc(C=C(C#N)C(=O)Nc2scc(-c3ccc(Br)cc3)c2C(=O)OCC)cc1. The van der Waals surface area contributed by atoms with Gasteiger partial charge in [-0.3, -0.25) is 4.79 Å². The number of benzene rings is 2. The zero-order valence-corrected chi connectivity index (χ0v) is 21.9. The summed E-state index contributed by atoms with van der Waals surface area (Å²) >= 11 is 4.61. The molecule has 0 saturated carbocycles. The molecule has 0 bridgehead atoms. The van der Waals surface area contributed by atoms with Crippen molar-refractivity contribution in [2.75, 3.05) is 18.5 Å². The van der Waals surface area contributed by atoms with Crippen molar-refractivity contribution >= 4 is 50.2 Å². The third-order valence-corrected chi connectivity index (χ3v) is 6.40. The molecule has 0 aliphatic carbocycles. The number of halogens is 1. The van der Waals surface area contributed by atoms with Gasteiger partial charge in [-0.2, -0.15) is 5.26 Å². The zero-order chi connectivity index (χ0) is 25.2. The van der Waals surface area contributed by atoms with Crippen molar-refractivity contribution in [3.05, 3.63) is 75.1 Å². The van der Waals surface area contributed by atoms with Crippen LogP contribution in [-0.4, -0.2) is 25.1 Å². The lowest BCUT2D eigenvalue weighted by Crippen LogP contribution is -2.16. The van der Waals surface area contributed by atoms with E-state index < -0.39 is 11.9 Å². The number of ether oxygens (including phenoxy) is 2. The Morgan fingerprint density at radius 1 is 1.11 bits per heavy atom. The van der Waals surface area contributed by atoms with E-state index in [1.807, 2.05) is 30.3 Å². The normalized spacial score (nSPS) is 11.0. The van der Waals surface area contributed by atoms with E-state index in [2.05, 4.69) is 28.2 Å². The molecule has 3 rings (SSSR count). The molecule has 3 aromatic rings. The zero-order valence-electron chi connectivity index (χ0n) is 19.5. The number of amides is 1. The van der Waals surface area contributed by atoms with Gasteiger partial charge in [0.05, 0.1) is 13.2 Å². The van der Waals surface area contributed by atoms with Crippen molar-refractivity contribution in [1.29, 1.82) is 5.26 Å². The summed E-state index contributed by atoms with van der Waals surface area (Å²) in [7, 11) is 0. The molecule has 0 spiro atoms. The maximum atomic E-state index is 12.9. The van der Waals surface area contributed by atoms with Gasteiger partial charge in [0.1, 0.15) is 28.0 Å². The fourth-order valence-electron chi connectivity index (χ4n) is 3.18. The average molecular weight is 553 g/mol. The number of hydrogen-bond donors (Lipinski definition) is 1. The molecule has 0 aliphatic heterocycles. The largest absolute Gasteiger partial charge is 0.494 e. The van der Waals surface area contributed by atoms with Gasteiger partial charge in [0.25, 0.3) is 5.91 Å². The first-order valence-corrected chi connectivity index (χ1v) is 12.8. The number of unbranched alkanes of at least 4 members (excludes halogenated alkanes) is 1. The summed E-state index contributed by atoms with van der Waals surface area (Å²) in [5.41, 5.74) is 2.33. The Morgan fingerprint density at radius 3 is 2.46 bits per heavy atom. The number of nitrogens with zero attached hydrogens (tertiary/aromatic N) is 1. The van der Waals surface area contributed by atoms with Crippen molar-refractivity contribution in [3.8, 4) is 22.9 Å². The van der Waals surface area contributed by atoms with Crippen LogP contribution < -0.4 is 10.1 Å². The summed E-state index contributed by atoms with van der Waals surface area (Å²) in [6.07, 6.45) is 3.52. The molecule has 0 unspecified atom stereocenters. The van der Waals surface area contributed by atoms with Crippen molar-refractivity contribution < 1.29 is 19.1 Å². The van der Waals surface area contributed by atoms with Crippen molar-refractivity contribution in [1.82, 2.24) is 0 Å². The van der Waals surface area contributed by atoms with Gasteiger partial charge < -0.3 is 14.8 Å². The maximum Gasteiger partial charge on any atom is 0.341 e. The summed E-state index contributed by atoms with van der Waals surface area (Å²) in [5.74, 6) is -0.412. The van der Waals surface area contributed by atoms with Crippen LogP contribution in [0, 0.1) is 11.3 Å². The Morgan fingerprint density at radius 2 is 1.83 bits per heavy atom. The lowest BCUT2D eigenvalue weighted by atomic mass is 10.0. The number of carbonyl (C=O) groups excluding carboxylic acids is 2. The smallest absolute Gasteiger partial charge is 0.341 e. The summed E-state index contributed by atoms with van der Waals surface area (Å²) in [6.45, 7) is 4.66. The third-order valence-electron chi connectivity index (χ3n) is 4.98. The average Bonchev–Trinajstić information content (AvgIpc) is 3.27. The number of nitrogens with one attached hydrogen (secondary N) is 1. The first-order chi connectivity index (χ1) is 17.0. The van der Waals surface area contributed by atoms with Gasteiger partial charge in [0.15, 0.2) is 0 Å². The van der Waals surface area contributed by atoms with Crippen LogP contribution in [0.15, 0.2) is 64.0 Å². The second kappa shape index (κ2) is 12.9. The molecule has 180 valence electrons. The molecule has 1 aromatic heterocycles. The monoisotopic (exact) mass is 552 g/mol. The van der Waals surface area contributed by atoms with Crippen LogP contribution in [0.25, 0.3) is 17.2 Å². The highest BCUT2D eigenvalue weighted by Crippen LogP contribution is 2.37. The number of rotatable bonds is 10. The first-order valence-electron chi connectivity index (χ1n) is 11.2. The van der Waals surface area contributed by atoms with Crippen LogP contribution in [0.3, 0.4) is 0 Å². The summed E-state index contributed by atoms with van der Waals surface area (Å²) in [5, 5.41) is 14.4. The third kappa shape index (κ3) is 7.04. The molecule has 0 atom stereocenters. The minimum Gasteiger partial charge on any atom is -0.494 e. The van der Waals surface area contributed by atoms with Crippen LogP contribution in [0.4, 0.5) is 5.00 Å². The molecule has 1 amide bonds. The Labute approximate surface area is 217 Å². The van der Waals surface area contributed by atoms with Crippen LogP contribution in [0.1, 0.15) is 42.6 Å². The lowest BCUT2D eigenvalue weighted by Gasteiger charge is -2.09. The van der Waals surface area contributed by atoms with Crippen LogP contribution in [0.2, 0.25) is 0 Å². The van der Waals surface area contributed by atoms with E-state index in [1.165, 1.54) is 17.4 Å². The molecular weight excluding hydrogens is 528 g/mol. The molecule has 0 saturated heterocycles. The van der Waals surface area contributed by atoms with Gasteiger partial charge in [-0.15, -0.1) is 11.3 Å². The minimum atomic E-state index is -0.606. The molecule has 1 N–H and O–H groups in total. The second-order valence-electron chi connectivity index (χ2n) is 7.48. The fourth-order valence-corrected chi connectivity index (χ4v) is 4.39. The van der Waals surface area contributed by atoms with Crippen molar-refractivity contribution in [2.24, 2.45) is 0 Å². The molecule has 6 nitrogen and oxygen atoms in total. The van der Waals surface area contributed by atoms with Gasteiger partial charge in [0, 0.05) is 15.4 Å². The van der Waals surface area contributed by atoms with Gasteiger partial charge >= 0.3 is 5.97 Å². The van der Waals surface area contributed by atoms with E-state index in [9.17, 15) is 14.9 Å². The number of nitriles is 1. The summed E-state index contributed by atoms with van der Waals surface area (Å²) < 4.78 is 11.8. The van der Waals surface area contributed by atoms with E-state index in [1.54, 1.807) is 36.6 Å². The standard InChI is InChI=1S/C27H25BrN2O4S/c1-3-5-14-34-22-12-6-18(7-13-22)15-20(16-29)25(31)30-26-24(27(32)33-4-2)23(17-35-26)19-8-10-21(28)11-9-19/h6-13,15,17H,3-5,14H2,1-2H3,(H,30,31). The minimum absolute atomic E-state index is 0.0851. The van der Waals surface area contributed by atoms with Crippen LogP contribution in [-0.2, 0) is 9.53 Å². The highest BCUT2D eigenvalue weighted by molar-refractivity contribution is 9.10. The van der Waals surface area contributed by atoms with Gasteiger partial charge in [-0.05, 0) is 54.8 Å². The van der Waals surface area contributed by atoms with Crippen LogP contribution in [0.5, 0.6) is 5.75 Å². The Hall–Kier alpha value is -3.41. The number of hydrogen-bond acceptors (Lipinski definition) is 6. The van der Waals surface area contributed by atoms with E-state index >= 15 is 0 Å². The lowest BCUT2D eigenvalue weighted by molar-refractivity contribution is -0.112. The van der Waals surface area contributed by atoms with Crippen molar-refractivity contribution in [3.63, 3.8) is 0 Å². The predicted octanol–water partition coefficient (Wildman–Crippen LogP) is 7.08. The topological polar surface area (TPSA) is 88.4 Å². The summed E-state index contributed by atoms with van der Waals surface area (Å²) in [4.78, 5) is 25.7. The van der Waals surface area contributed by atoms with E-state index in [4.69, 9.17) is 9.47 Å². The number of carbonyl (C=O) groups is 2. The predicted molar refractivity (Wildman–Crippen MR) is 142 cm³/mol. The molecule has 0 fully saturated rings. The van der Waals surface area contributed by atoms with Gasteiger partial charge in [-0.25, -0.2) is 4.79 Å². The number of esters is 1. The van der Waals surface area contributed by atoms with Crippen LogP contribution >= 0.6 is 27.3 Å². The maximum absolute atomic E-state index is 12.9. The number of thiophene rings is 1. The fraction of sp³-hybridized carbons (Fsp3) is 0.222. The highest BCUT2D eigenvalue weighted by atomic mass is 79.9. The van der Waals surface area contributed by atoms with E-state index in [-0.39, 0.29) is 17.7 Å². The highest BCUT2D eigenvalue weighted by Gasteiger charge is 2.23. The molecule has 0 radical (unpaired) electrons. The molecule has 35 heavy (non-hydrogen) atoms. The Balaban J connectivity index is 1.84. The quantitative estimate of drug-likeness (QED) is 0.125. The van der Waals surface area contributed by atoms with E-state index in [0.717, 1.165) is 28.6 Å². The molecular formula is C27H25BrN2O4S. The second-order valence-corrected chi connectivity index (χ2v) is 9.27. The van der Waals surface area contributed by atoms with Crippen molar-refractivity contribution in [2.45, 2.75) is 26.7 Å². The number of anilines is 1. The summed E-state index contributed by atoms with van der Waals surface area (Å²) in [6, 6.07) is 16.6. The molecule has 2 aromatic carbocycles. The molecule has 0 aliphatic rings. The Bertz CT molecular complexity index is 1240. The first kappa shape index (κ1) is 26.2. The Kier molecular flexibility index (Phi) is 9.65. The molecule has 8 heteroatoms. The van der Waals surface area contributed by atoms with Gasteiger partial charge in [0.2, 0.25) is 0 Å². The van der Waals surface area contributed by atoms with E-state index in [0.29, 0.717) is 22.7 Å². The van der Waals surface area contributed by atoms with Gasteiger partial charge in [-0.1, -0.05) is 53.5 Å². The molecule has 1 heterocycles.